The molecular weight excluding hydrogens is 310 g/mol. The summed E-state index contributed by atoms with van der Waals surface area (Å²) in [6.45, 7) is 3.94. The lowest BCUT2D eigenvalue weighted by Crippen LogP contribution is -2.41. The van der Waals surface area contributed by atoms with Crippen LogP contribution >= 0.6 is 15.9 Å². The highest BCUT2D eigenvalue weighted by molar-refractivity contribution is 9.10. The first-order chi connectivity index (χ1) is 8.95. The second kappa shape index (κ2) is 7.62. The van der Waals surface area contributed by atoms with Gasteiger partial charge in [0, 0.05) is 17.1 Å². The smallest absolute Gasteiger partial charge is 0.253 e. The third-order valence-corrected chi connectivity index (χ3v) is 3.54. The third-order valence-electron chi connectivity index (χ3n) is 3.01. The zero-order chi connectivity index (χ0) is 14.4. The zero-order valence-corrected chi connectivity index (χ0v) is 12.7. The lowest BCUT2D eigenvalue weighted by molar-refractivity contribution is -0.130. The van der Waals surface area contributed by atoms with Crippen molar-refractivity contribution in [3.63, 3.8) is 0 Å². The average Bonchev–Trinajstić information content (AvgIpc) is 2.38. The molecular formula is C14H20BrNO3. The Morgan fingerprint density at radius 1 is 1.32 bits per heavy atom. The molecule has 0 spiro atoms. The molecule has 0 bridgehead atoms. The summed E-state index contributed by atoms with van der Waals surface area (Å²) < 4.78 is 0.893. The first kappa shape index (κ1) is 16.1. The van der Waals surface area contributed by atoms with Crippen LogP contribution in [0.2, 0.25) is 0 Å². The van der Waals surface area contributed by atoms with Crippen molar-refractivity contribution < 1.29 is 15.0 Å². The van der Waals surface area contributed by atoms with Gasteiger partial charge >= 0.3 is 0 Å². The van der Waals surface area contributed by atoms with Gasteiger partial charge in [-0.3, -0.25) is 4.79 Å². The fourth-order valence-electron chi connectivity index (χ4n) is 1.77. The van der Waals surface area contributed by atoms with Crippen molar-refractivity contribution >= 4 is 21.8 Å². The lowest BCUT2D eigenvalue weighted by Gasteiger charge is -2.23. The summed E-state index contributed by atoms with van der Waals surface area (Å²) in [5.41, 5.74) is 0.548. The van der Waals surface area contributed by atoms with Crippen LogP contribution in [0.3, 0.4) is 0 Å². The molecule has 3 N–H and O–H groups in total. The van der Waals surface area contributed by atoms with Crippen LogP contribution in [-0.4, -0.2) is 28.8 Å². The van der Waals surface area contributed by atoms with Crippen LogP contribution in [0.4, 0.5) is 0 Å². The Bertz CT molecular complexity index is 406. The van der Waals surface area contributed by atoms with Crippen LogP contribution < -0.4 is 5.32 Å². The molecule has 0 aliphatic rings. The normalized spacial score (nSPS) is 14.2. The second-order valence-electron chi connectivity index (χ2n) is 4.83. The van der Waals surface area contributed by atoms with Crippen molar-refractivity contribution in [3.05, 3.63) is 34.3 Å². The van der Waals surface area contributed by atoms with Crippen molar-refractivity contribution in [3.8, 4) is 0 Å². The largest absolute Gasteiger partial charge is 0.396 e. The molecule has 19 heavy (non-hydrogen) atoms. The first-order valence-corrected chi connectivity index (χ1v) is 7.09. The molecule has 0 aliphatic heterocycles. The number of hydrogen-bond acceptors (Lipinski definition) is 3. The van der Waals surface area contributed by atoms with Gasteiger partial charge in [0.15, 0.2) is 6.10 Å². The number of hydrogen-bond donors (Lipinski definition) is 3. The van der Waals surface area contributed by atoms with E-state index in [9.17, 15) is 9.90 Å². The van der Waals surface area contributed by atoms with Gasteiger partial charge in [-0.25, -0.2) is 0 Å². The van der Waals surface area contributed by atoms with Crippen molar-refractivity contribution in [2.75, 3.05) is 6.61 Å². The molecule has 4 nitrogen and oxygen atoms in total. The van der Waals surface area contributed by atoms with Crippen LogP contribution in [0, 0.1) is 5.92 Å². The Morgan fingerprint density at radius 3 is 2.37 bits per heavy atom. The molecule has 0 saturated carbocycles. The molecule has 1 aromatic rings. The third kappa shape index (κ3) is 4.93. The van der Waals surface area contributed by atoms with Gasteiger partial charge in [0.2, 0.25) is 0 Å². The number of benzene rings is 1. The van der Waals surface area contributed by atoms with Gasteiger partial charge in [0.05, 0.1) is 0 Å². The molecule has 0 heterocycles. The number of aliphatic hydroxyl groups excluding tert-OH is 2. The number of halogens is 1. The maximum atomic E-state index is 12.0. The van der Waals surface area contributed by atoms with E-state index in [-0.39, 0.29) is 18.6 Å². The van der Waals surface area contributed by atoms with Gasteiger partial charge < -0.3 is 15.5 Å². The number of carbonyl (C=O) groups excluding carboxylic acids is 1. The summed E-state index contributed by atoms with van der Waals surface area (Å²) in [6, 6.07) is 6.82. The minimum Gasteiger partial charge on any atom is -0.396 e. The molecule has 0 fully saturated rings. The van der Waals surface area contributed by atoms with E-state index >= 15 is 0 Å². The lowest BCUT2D eigenvalue weighted by atomic mass is 10.0. The van der Waals surface area contributed by atoms with E-state index in [1.807, 2.05) is 13.8 Å². The number of nitrogens with one attached hydrogen (secondary N) is 1. The van der Waals surface area contributed by atoms with Crippen LogP contribution in [0.5, 0.6) is 0 Å². The maximum absolute atomic E-state index is 12.0. The highest BCUT2D eigenvalue weighted by Crippen LogP contribution is 2.17. The Morgan fingerprint density at radius 2 is 1.89 bits per heavy atom. The van der Waals surface area contributed by atoms with Crippen molar-refractivity contribution in [2.24, 2.45) is 5.92 Å². The van der Waals surface area contributed by atoms with Crippen LogP contribution in [-0.2, 0) is 4.79 Å². The Hall–Kier alpha value is -0.910. The molecule has 1 aromatic carbocycles. The number of amides is 1. The number of rotatable bonds is 6. The predicted octanol–water partition coefficient (Wildman–Crippen LogP) is 2.01. The maximum Gasteiger partial charge on any atom is 0.253 e. The van der Waals surface area contributed by atoms with Crippen molar-refractivity contribution in [2.45, 2.75) is 32.4 Å². The fraction of sp³-hybridized carbons (Fsp3) is 0.500. The molecule has 106 valence electrons. The Balaban J connectivity index is 2.68. The summed E-state index contributed by atoms with van der Waals surface area (Å²) in [4.78, 5) is 12.0. The van der Waals surface area contributed by atoms with Crippen LogP contribution in [0.1, 0.15) is 31.9 Å². The summed E-state index contributed by atoms with van der Waals surface area (Å²) in [5.74, 6) is -0.234. The summed E-state index contributed by atoms with van der Waals surface area (Å²) in [7, 11) is 0. The molecule has 2 atom stereocenters. The summed E-state index contributed by atoms with van der Waals surface area (Å²) in [5, 5.41) is 21.7. The van der Waals surface area contributed by atoms with Crippen LogP contribution in [0.25, 0.3) is 0 Å². The van der Waals surface area contributed by atoms with Crippen LogP contribution in [0.15, 0.2) is 28.7 Å². The van der Waals surface area contributed by atoms with Gasteiger partial charge in [-0.2, -0.15) is 0 Å². The standard InChI is InChI=1S/C14H20BrNO3/c1-9(2)12(7-8-17)16-14(19)13(18)10-3-5-11(15)6-4-10/h3-6,9,12-13,17-18H,7-8H2,1-2H3,(H,16,19). The minimum absolute atomic E-state index is 0.0114. The quantitative estimate of drug-likeness (QED) is 0.747. The van der Waals surface area contributed by atoms with Gasteiger partial charge in [0.25, 0.3) is 5.91 Å². The van der Waals surface area contributed by atoms with E-state index in [1.54, 1.807) is 24.3 Å². The van der Waals surface area contributed by atoms with Gasteiger partial charge in [-0.15, -0.1) is 0 Å². The first-order valence-electron chi connectivity index (χ1n) is 6.30. The molecule has 1 rings (SSSR count). The van der Waals surface area contributed by atoms with E-state index in [0.29, 0.717) is 12.0 Å². The number of aliphatic hydroxyl groups is 2. The molecule has 0 saturated heterocycles. The molecule has 2 unspecified atom stereocenters. The predicted molar refractivity (Wildman–Crippen MR) is 77.6 cm³/mol. The van der Waals surface area contributed by atoms with E-state index in [0.717, 1.165) is 4.47 Å². The summed E-state index contributed by atoms with van der Waals surface area (Å²) in [6.07, 6.45) is -0.704. The monoisotopic (exact) mass is 329 g/mol. The van der Waals surface area contributed by atoms with Gasteiger partial charge in [-0.1, -0.05) is 41.9 Å². The molecule has 0 radical (unpaired) electrons. The average molecular weight is 330 g/mol. The molecule has 0 aliphatic carbocycles. The molecule has 0 aromatic heterocycles. The minimum atomic E-state index is -1.19. The van der Waals surface area contributed by atoms with E-state index in [1.165, 1.54) is 0 Å². The van der Waals surface area contributed by atoms with Gasteiger partial charge in [-0.05, 0) is 30.0 Å². The van der Waals surface area contributed by atoms with E-state index in [4.69, 9.17) is 5.11 Å². The second-order valence-corrected chi connectivity index (χ2v) is 5.74. The molecule has 5 heteroatoms. The van der Waals surface area contributed by atoms with Crippen molar-refractivity contribution in [1.82, 2.24) is 5.32 Å². The SMILES string of the molecule is CC(C)C(CCO)NC(=O)C(O)c1ccc(Br)cc1. The van der Waals surface area contributed by atoms with Gasteiger partial charge in [0.1, 0.15) is 0 Å². The molecule has 1 amide bonds. The highest BCUT2D eigenvalue weighted by atomic mass is 79.9. The van der Waals surface area contributed by atoms with Crippen molar-refractivity contribution in [1.29, 1.82) is 0 Å². The topological polar surface area (TPSA) is 69.6 Å². The van der Waals surface area contributed by atoms with E-state index < -0.39 is 12.0 Å². The fourth-order valence-corrected chi connectivity index (χ4v) is 2.03. The Kier molecular flexibility index (Phi) is 6.48. The zero-order valence-electron chi connectivity index (χ0n) is 11.1. The Labute approximate surface area is 122 Å². The highest BCUT2D eigenvalue weighted by Gasteiger charge is 2.22. The summed E-state index contributed by atoms with van der Waals surface area (Å²) >= 11 is 3.30. The number of carbonyl (C=O) groups is 1. The van der Waals surface area contributed by atoms with E-state index in [2.05, 4.69) is 21.2 Å².